The van der Waals surface area contributed by atoms with Crippen LogP contribution >= 0.6 is 11.3 Å². The summed E-state index contributed by atoms with van der Waals surface area (Å²) >= 11 is 1.69. The van der Waals surface area contributed by atoms with Gasteiger partial charge in [0.15, 0.2) is 0 Å². The van der Waals surface area contributed by atoms with E-state index in [0.29, 0.717) is 12.2 Å². The molecule has 4 heterocycles. The van der Waals surface area contributed by atoms with Crippen LogP contribution in [0.2, 0.25) is 0 Å². The number of carbonyl (C=O) groups excluding carboxylic acids is 1. The fraction of sp³-hybridized carbons (Fsp3) is 0.200. The van der Waals surface area contributed by atoms with Crippen molar-refractivity contribution in [2.75, 3.05) is 6.54 Å². The highest BCUT2D eigenvalue weighted by atomic mass is 32.1. The molecule has 0 bridgehead atoms. The van der Waals surface area contributed by atoms with Gasteiger partial charge < -0.3 is 9.88 Å². The maximum absolute atomic E-state index is 13.0. The van der Waals surface area contributed by atoms with E-state index in [9.17, 15) is 4.79 Å². The van der Waals surface area contributed by atoms with Gasteiger partial charge in [-0.25, -0.2) is 0 Å². The van der Waals surface area contributed by atoms with Crippen molar-refractivity contribution >= 4 is 28.1 Å². The molecule has 1 N–H and O–H groups in total. The summed E-state index contributed by atoms with van der Waals surface area (Å²) in [6.07, 6.45) is 0.907. The normalized spacial score (nSPS) is 14.4. The average molecular weight is 362 g/mol. The molecule has 1 aromatic carbocycles. The van der Waals surface area contributed by atoms with Crippen LogP contribution in [-0.2, 0) is 13.1 Å². The molecule has 0 saturated heterocycles. The minimum atomic E-state index is 0.0496. The Bertz CT molecular complexity index is 1040. The average Bonchev–Trinajstić information content (AvgIpc) is 3.38. The number of H-pyrrole nitrogens is 1. The maximum Gasteiger partial charge on any atom is 0.270 e. The lowest BCUT2D eigenvalue weighted by molar-refractivity contribution is 0.0741. The molecule has 130 valence electrons. The molecule has 4 aromatic rings. The van der Waals surface area contributed by atoms with E-state index in [0.717, 1.165) is 41.8 Å². The van der Waals surface area contributed by atoms with Gasteiger partial charge in [0.1, 0.15) is 11.4 Å². The number of nitrogens with zero attached hydrogens (tertiary/aromatic N) is 3. The number of fused-ring (bicyclic) bond motifs is 2. The van der Waals surface area contributed by atoms with E-state index in [-0.39, 0.29) is 5.91 Å². The summed E-state index contributed by atoms with van der Waals surface area (Å²) in [5.74, 6) is 0.0496. The van der Waals surface area contributed by atoms with Crippen molar-refractivity contribution in [2.45, 2.75) is 19.5 Å². The first-order valence-corrected chi connectivity index (χ1v) is 9.63. The van der Waals surface area contributed by atoms with E-state index >= 15 is 0 Å². The number of thiophene rings is 1. The van der Waals surface area contributed by atoms with Gasteiger partial charge >= 0.3 is 0 Å². The topological polar surface area (TPSA) is 53.9 Å². The molecule has 0 saturated carbocycles. The Morgan fingerprint density at radius 3 is 2.88 bits per heavy atom. The molecule has 6 heteroatoms. The third-order valence-corrected chi connectivity index (χ3v) is 5.73. The van der Waals surface area contributed by atoms with Crippen LogP contribution in [0, 0.1) is 0 Å². The molecule has 0 spiro atoms. The highest BCUT2D eigenvalue weighted by Gasteiger charge is 2.23. The fourth-order valence-electron chi connectivity index (χ4n) is 3.54. The summed E-state index contributed by atoms with van der Waals surface area (Å²) in [5, 5.41) is 7.86. The smallest absolute Gasteiger partial charge is 0.270 e. The third kappa shape index (κ3) is 2.63. The zero-order valence-corrected chi connectivity index (χ0v) is 15.0. The summed E-state index contributed by atoms with van der Waals surface area (Å²) in [6, 6.07) is 16.2. The Kier molecular flexibility index (Phi) is 3.64. The molecule has 5 rings (SSSR count). The standard InChI is InChI=1S/C20H18N4OS/c25-20(18-11-14-5-1-2-6-16(14)21-18)23-8-4-9-24-15(13-23)12-17(22-24)19-7-3-10-26-19/h1-3,5-7,10-12,21H,4,8-9,13H2. The highest BCUT2D eigenvalue weighted by molar-refractivity contribution is 7.13. The minimum absolute atomic E-state index is 0.0496. The first-order valence-electron chi connectivity index (χ1n) is 8.75. The van der Waals surface area contributed by atoms with E-state index in [1.54, 1.807) is 11.3 Å². The number of aromatic nitrogens is 3. The van der Waals surface area contributed by atoms with Crippen molar-refractivity contribution < 1.29 is 4.79 Å². The first kappa shape index (κ1) is 15.4. The second-order valence-electron chi connectivity index (χ2n) is 6.57. The number of benzene rings is 1. The van der Waals surface area contributed by atoms with Gasteiger partial charge in [-0.1, -0.05) is 24.3 Å². The number of hydrogen-bond acceptors (Lipinski definition) is 3. The Morgan fingerprint density at radius 1 is 1.12 bits per heavy atom. The van der Waals surface area contributed by atoms with Crippen LogP contribution in [0.3, 0.4) is 0 Å². The minimum Gasteiger partial charge on any atom is -0.351 e. The molecule has 0 atom stereocenters. The molecular weight excluding hydrogens is 344 g/mol. The van der Waals surface area contributed by atoms with Crippen molar-refractivity contribution in [1.29, 1.82) is 0 Å². The van der Waals surface area contributed by atoms with Gasteiger partial charge in [0.05, 0.1) is 17.1 Å². The maximum atomic E-state index is 13.0. The molecular formula is C20H18N4OS. The van der Waals surface area contributed by atoms with Crippen molar-refractivity contribution in [2.24, 2.45) is 0 Å². The summed E-state index contributed by atoms with van der Waals surface area (Å²) in [5.41, 5.74) is 3.73. The van der Waals surface area contributed by atoms with Gasteiger partial charge in [0.2, 0.25) is 0 Å². The van der Waals surface area contributed by atoms with Crippen LogP contribution in [0.4, 0.5) is 0 Å². The molecule has 3 aromatic heterocycles. The molecule has 5 nitrogen and oxygen atoms in total. The van der Waals surface area contributed by atoms with E-state index in [1.165, 1.54) is 4.88 Å². The second-order valence-corrected chi connectivity index (χ2v) is 7.52. The van der Waals surface area contributed by atoms with E-state index < -0.39 is 0 Å². The number of nitrogens with one attached hydrogen (secondary N) is 1. The zero-order valence-electron chi connectivity index (χ0n) is 14.2. The number of hydrogen-bond donors (Lipinski definition) is 1. The second kappa shape index (κ2) is 6.14. The molecule has 1 aliphatic heterocycles. The molecule has 0 unspecified atom stereocenters. The summed E-state index contributed by atoms with van der Waals surface area (Å²) in [7, 11) is 0. The monoisotopic (exact) mass is 362 g/mol. The Labute approximate surface area is 154 Å². The van der Waals surface area contributed by atoms with Gasteiger partial charge in [-0.05, 0) is 36.1 Å². The van der Waals surface area contributed by atoms with Crippen molar-refractivity contribution in [1.82, 2.24) is 19.7 Å². The first-order chi connectivity index (χ1) is 12.8. The number of carbonyl (C=O) groups is 1. The van der Waals surface area contributed by atoms with Crippen LogP contribution < -0.4 is 0 Å². The highest BCUT2D eigenvalue weighted by Crippen LogP contribution is 2.26. The predicted molar refractivity (Wildman–Crippen MR) is 103 cm³/mol. The summed E-state index contributed by atoms with van der Waals surface area (Å²) < 4.78 is 2.05. The van der Waals surface area contributed by atoms with Crippen LogP contribution in [0.25, 0.3) is 21.5 Å². The Morgan fingerprint density at radius 2 is 2.04 bits per heavy atom. The lowest BCUT2D eigenvalue weighted by atomic mass is 10.2. The van der Waals surface area contributed by atoms with Crippen molar-refractivity contribution in [3.8, 4) is 10.6 Å². The lowest BCUT2D eigenvalue weighted by Gasteiger charge is -2.19. The lowest BCUT2D eigenvalue weighted by Crippen LogP contribution is -2.30. The van der Waals surface area contributed by atoms with Crippen LogP contribution in [-0.4, -0.2) is 32.1 Å². The molecule has 1 aliphatic rings. The molecule has 0 aliphatic carbocycles. The van der Waals surface area contributed by atoms with E-state index in [4.69, 9.17) is 5.10 Å². The van der Waals surface area contributed by atoms with Crippen LogP contribution in [0.1, 0.15) is 22.6 Å². The Hall–Kier alpha value is -2.86. The largest absolute Gasteiger partial charge is 0.351 e. The molecule has 0 radical (unpaired) electrons. The van der Waals surface area contributed by atoms with Gasteiger partial charge in [-0.2, -0.15) is 5.10 Å². The van der Waals surface area contributed by atoms with Gasteiger partial charge in [0, 0.05) is 24.0 Å². The SMILES string of the molecule is O=C(c1cc2ccccc2[nH]1)N1CCCn2nc(-c3cccs3)cc2C1. The number of rotatable bonds is 2. The number of para-hydroxylation sites is 1. The number of aromatic amines is 1. The van der Waals surface area contributed by atoms with Gasteiger partial charge in [-0.3, -0.25) is 9.48 Å². The van der Waals surface area contributed by atoms with E-state index in [1.807, 2.05) is 46.0 Å². The molecule has 26 heavy (non-hydrogen) atoms. The van der Waals surface area contributed by atoms with Crippen molar-refractivity contribution in [3.63, 3.8) is 0 Å². The third-order valence-electron chi connectivity index (χ3n) is 4.84. The van der Waals surface area contributed by atoms with Gasteiger partial charge in [-0.15, -0.1) is 11.3 Å². The predicted octanol–water partition coefficient (Wildman–Crippen LogP) is 4.14. The van der Waals surface area contributed by atoms with Gasteiger partial charge in [0.25, 0.3) is 5.91 Å². The number of aryl methyl sites for hydroxylation is 1. The fourth-order valence-corrected chi connectivity index (χ4v) is 4.22. The van der Waals surface area contributed by atoms with Crippen LogP contribution in [0.5, 0.6) is 0 Å². The van der Waals surface area contributed by atoms with E-state index in [2.05, 4.69) is 22.5 Å². The summed E-state index contributed by atoms with van der Waals surface area (Å²) in [6.45, 7) is 2.18. The molecule has 0 fully saturated rings. The van der Waals surface area contributed by atoms with Crippen molar-refractivity contribution in [3.05, 3.63) is 65.3 Å². The zero-order chi connectivity index (χ0) is 17.5. The quantitative estimate of drug-likeness (QED) is 0.583. The molecule has 1 amide bonds. The summed E-state index contributed by atoms with van der Waals surface area (Å²) in [4.78, 5) is 19.4. The number of amides is 1. The Balaban J connectivity index is 1.44. The van der Waals surface area contributed by atoms with Crippen LogP contribution in [0.15, 0.2) is 53.9 Å².